The number of nitrogens with one attached hydrogen (secondary N) is 1. The summed E-state index contributed by atoms with van der Waals surface area (Å²) in [5, 5.41) is 3.85. The van der Waals surface area contributed by atoms with Crippen LogP contribution >= 0.6 is 11.6 Å². The molecule has 106 valence electrons. The Balaban J connectivity index is 1.99. The van der Waals surface area contributed by atoms with E-state index in [9.17, 15) is 0 Å². The fourth-order valence-corrected chi connectivity index (χ4v) is 1.89. The molecule has 0 spiro atoms. The second-order valence-corrected chi connectivity index (χ2v) is 5.35. The smallest absolute Gasteiger partial charge is 0.238 e. The van der Waals surface area contributed by atoms with Gasteiger partial charge in [-0.2, -0.15) is 0 Å². The fraction of sp³-hybridized carbons (Fsp3) is 0.333. The first-order valence-corrected chi connectivity index (χ1v) is 6.96. The quantitative estimate of drug-likeness (QED) is 0.882. The second kappa shape index (κ2) is 7.22. The molecule has 0 unspecified atom stereocenters. The maximum Gasteiger partial charge on any atom is 0.238 e. The summed E-state index contributed by atoms with van der Waals surface area (Å²) in [6.45, 7) is 6.05. The van der Waals surface area contributed by atoms with E-state index >= 15 is 0 Å². The molecule has 0 aromatic carbocycles. The maximum atomic E-state index is 6.19. The molecule has 0 atom stereocenters. The van der Waals surface area contributed by atoms with E-state index in [0.29, 0.717) is 22.6 Å². The lowest BCUT2D eigenvalue weighted by molar-refractivity contribution is 0.460. The molecule has 0 amide bonds. The third kappa shape index (κ3) is 4.47. The lowest BCUT2D eigenvalue weighted by Gasteiger charge is -2.09. The Kier molecular flexibility index (Phi) is 5.32. The van der Waals surface area contributed by atoms with Crippen LogP contribution < -0.4 is 10.1 Å². The number of rotatable bonds is 6. The van der Waals surface area contributed by atoms with Gasteiger partial charge in [-0.3, -0.25) is 4.98 Å². The van der Waals surface area contributed by atoms with Crippen LogP contribution in [0.5, 0.6) is 11.6 Å². The van der Waals surface area contributed by atoms with Crippen molar-refractivity contribution >= 4 is 11.6 Å². The number of nitrogens with zero attached hydrogens (tertiary/aromatic N) is 2. The molecule has 0 saturated carbocycles. The van der Waals surface area contributed by atoms with Gasteiger partial charge in [-0.25, -0.2) is 4.98 Å². The topological polar surface area (TPSA) is 47.0 Å². The third-order valence-electron chi connectivity index (χ3n) is 2.59. The molecule has 0 aliphatic rings. The number of hydrogen-bond donors (Lipinski definition) is 1. The highest BCUT2D eigenvalue weighted by molar-refractivity contribution is 6.31. The van der Waals surface area contributed by atoms with Crippen molar-refractivity contribution in [2.24, 2.45) is 5.92 Å². The molecule has 2 aromatic rings. The molecule has 0 bridgehead atoms. The predicted octanol–water partition coefficient (Wildman–Crippen LogP) is 3.67. The van der Waals surface area contributed by atoms with E-state index in [0.717, 1.165) is 18.7 Å². The van der Waals surface area contributed by atoms with Crippen LogP contribution in [0.3, 0.4) is 0 Å². The minimum absolute atomic E-state index is 0.396. The van der Waals surface area contributed by atoms with Crippen LogP contribution in [0.15, 0.2) is 36.8 Å². The Hall–Kier alpha value is -1.65. The maximum absolute atomic E-state index is 6.19. The molecule has 0 fully saturated rings. The first-order chi connectivity index (χ1) is 9.65. The van der Waals surface area contributed by atoms with Gasteiger partial charge in [0.1, 0.15) is 10.8 Å². The van der Waals surface area contributed by atoms with Crippen molar-refractivity contribution in [2.75, 3.05) is 6.54 Å². The van der Waals surface area contributed by atoms with Crippen molar-refractivity contribution in [2.45, 2.75) is 20.4 Å². The van der Waals surface area contributed by atoms with Crippen LogP contribution in [0.1, 0.15) is 19.4 Å². The Labute approximate surface area is 124 Å². The van der Waals surface area contributed by atoms with Crippen molar-refractivity contribution in [3.8, 4) is 11.6 Å². The summed E-state index contributed by atoms with van der Waals surface area (Å²) < 4.78 is 5.58. The van der Waals surface area contributed by atoms with Crippen molar-refractivity contribution in [1.29, 1.82) is 0 Å². The Morgan fingerprint density at radius 1 is 1.35 bits per heavy atom. The van der Waals surface area contributed by atoms with E-state index in [2.05, 4.69) is 29.1 Å². The number of halogens is 1. The first kappa shape index (κ1) is 14.8. The van der Waals surface area contributed by atoms with Gasteiger partial charge in [0.05, 0.1) is 6.20 Å². The largest absolute Gasteiger partial charge is 0.436 e. The average Bonchev–Trinajstić information content (AvgIpc) is 2.42. The minimum Gasteiger partial charge on any atom is -0.436 e. The van der Waals surface area contributed by atoms with E-state index in [1.165, 1.54) is 0 Å². The zero-order valence-corrected chi connectivity index (χ0v) is 12.4. The van der Waals surface area contributed by atoms with Crippen LogP contribution in [0.4, 0.5) is 0 Å². The zero-order chi connectivity index (χ0) is 14.4. The van der Waals surface area contributed by atoms with Crippen molar-refractivity contribution < 1.29 is 4.74 Å². The summed E-state index contributed by atoms with van der Waals surface area (Å²) in [5.74, 6) is 1.63. The Bertz CT molecular complexity index is 546. The van der Waals surface area contributed by atoms with Crippen LogP contribution in [-0.4, -0.2) is 16.5 Å². The molecule has 2 heterocycles. The van der Waals surface area contributed by atoms with Gasteiger partial charge in [-0.15, -0.1) is 0 Å². The summed E-state index contributed by atoms with van der Waals surface area (Å²) in [6.07, 6.45) is 5.08. The highest BCUT2D eigenvalue weighted by Gasteiger charge is 2.06. The summed E-state index contributed by atoms with van der Waals surface area (Å²) in [5.41, 5.74) is 1.04. The molecular formula is C15H18ClN3O. The van der Waals surface area contributed by atoms with Crippen LogP contribution in [-0.2, 0) is 6.54 Å². The van der Waals surface area contributed by atoms with Gasteiger partial charge in [0.2, 0.25) is 5.88 Å². The Morgan fingerprint density at radius 3 is 2.85 bits per heavy atom. The predicted molar refractivity (Wildman–Crippen MR) is 80.1 cm³/mol. The zero-order valence-electron chi connectivity index (χ0n) is 11.6. The van der Waals surface area contributed by atoms with Crippen molar-refractivity contribution in [3.05, 3.63) is 47.4 Å². The molecule has 2 rings (SSSR count). The van der Waals surface area contributed by atoms with E-state index in [4.69, 9.17) is 16.3 Å². The van der Waals surface area contributed by atoms with Gasteiger partial charge in [0.15, 0.2) is 0 Å². The monoisotopic (exact) mass is 291 g/mol. The molecule has 0 aliphatic heterocycles. The summed E-state index contributed by atoms with van der Waals surface area (Å²) >= 11 is 6.19. The molecule has 5 heteroatoms. The van der Waals surface area contributed by atoms with Gasteiger partial charge in [0.25, 0.3) is 0 Å². The number of aromatic nitrogens is 2. The SMILES string of the molecule is CC(C)CNCc1cnc(Oc2cccnc2)c(Cl)c1. The highest BCUT2D eigenvalue weighted by Crippen LogP contribution is 2.27. The van der Waals surface area contributed by atoms with Gasteiger partial charge in [0, 0.05) is 18.9 Å². The second-order valence-electron chi connectivity index (χ2n) is 4.95. The van der Waals surface area contributed by atoms with Crippen molar-refractivity contribution in [3.63, 3.8) is 0 Å². The summed E-state index contributed by atoms with van der Waals surface area (Å²) in [6, 6.07) is 5.48. The average molecular weight is 292 g/mol. The number of hydrogen-bond acceptors (Lipinski definition) is 4. The molecule has 4 nitrogen and oxygen atoms in total. The molecule has 20 heavy (non-hydrogen) atoms. The van der Waals surface area contributed by atoms with Crippen LogP contribution in [0.2, 0.25) is 5.02 Å². The van der Waals surface area contributed by atoms with Crippen LogP contribution in [0, 0.1) is 5.92 Å². The standard InChI is InChI=1S/C15H18ClN3O/c1-11(2)7-18-8-12-6-14(16)15(19-9-12)20-13-4-3-5-17-10-13/h3-6,9-11,18H,7-8H2,1-2H3. The fourth-order valence-electron chi connectivity index (χ4n) is 1.66. The van der Waals surface area contributed by atoms with E-state index in [-0.39, 0.29) is 0 Å². The highest BCUT2D eigenvalue weighted by atomic mass is 35.5. The molecule has 0 aliphatic carbocycles. The normalized spacial score (nSPS) is 10.8. The van der Waals surface area contributed by atoms with Gasteiger partial charge < -0.3 is 10.1 Å². The van der Waals surface area contributed by atoms with E-state index in [1.54, 1.807) is 24.7 Å². The minimum atomic E-state index is 0.396. The molecular weight excluding hydrogens is 274 g/mol. The molecule has 2 aromatic heterocycles. The van der Waals surface area contributed by atoms with Gasteiger partial charge in [-0.05, 0) is 36.2 Å². The third-order valence-corrected chi connectivity index (χ3v) is 2.87. The van der Waals surface area contributed by atoms with E-state index < -0.39 is 0 Å². The molecule has 0 saturated heterocycles. The number of pyridine rings is 2. The van der Waals surface area contributed by atoms with Crippen LogP contribution in [0.25, 0.3) is 0 Å². The summed E-state index contributed by atoms with van der Waals surface area (Å²) in [4.78, 5) is 8.23. The molecule has 1 N–H and O–H groups in total. The van der Waals surface area contributed by atoms with Gasteiger partial charge in [-0.1, -0.05) is 25.4 Å². The van der Waals surface area contributed by atoms with E-state index in [1.807, 2.05) is 12.1 Å². The number of ether oxygens (including phenoxy) is 1. The first-order valence-electron chi connectivity index (χ1n) is 6.58. The van der Waals surface area contributed by atoms with Gasteiger partial charge >= 0.3 is 0 Å². The Morgan fingerprint density at radius 2 is 2.20 bits per heavy atom. The molecule has 0 radical (unpaired) electrons. The lowest BCUT2D eigenvalue weighted by atomic mass is 10.2. The summed E-state index contributed by atoms with van der Waals surface area (Å²) in [7, 11) is 0. The lowest BCUT2D eigenvalue weighted by Crippen LogP contribution is -2.19. The van der Waals surface area contributed by atoms with Crippen molar-refractivity contribution in [1.82, 2.24) is 15.3 Å².